The molecule has 0 radical (unpaired) electrons. The van der Waals surface area contributed by atoms with Gasteiger partial charge in [-0.2, -0.15) is 0 Å². The Morgan fingerprint density at radius 1 is 0.759 bits per heavy atom. The van der Waals surface area contributed by atoms with Gasteiger partial charge in [0, 0.05) is 29.3 Å². The first-order chi connectivity index (χ1) is 13.4. The number of benzene rings is 2. The van der Waals surface area contributed by atoms with E-state index in [0.717, 1.165) is 5.56 Å². The third-order valence-electron chi connectivity index (χ3n) is 4.23. The molecule has 2 aromatic rings. The molecule has 3 amide bonds. The predicted molar refractivity (Wildman–Crippen MR) is 115 cm³/mol. The second kappa shape index (κ2) is 8.47. The summed E-state index contributed by atoms with van der Waals surface area (Å²) in [5.41, 5.74) is 1.51. The Labute approximate surface area is 172 Å². The fraction of sp³-hybridized carbons (Fsp3) is 0.348. The molecule has 0 unspecified atom stereocenters. The average molecular weight is 396 g/mol. The minimum Gasteiger partial charge on any atom is -0.347 e. The van der Waals surface area contributed by atoms with E-state index in [1.54, 1.807) is 36.4 Å². The van der Waals surface area contributed by atoms with E-state index in [9.17, 15) is 14.4 Å². The Balaban J connectivity index is 2.12. The van der Waals surface area contributed by atoms with Gasteiger partial charge in [-0.1, -0.05) is 18.2 Å². The molecule has 29 heavy (non-hydrogen) atoms. The van der Waals surface area contributed by atoms with Crippen LogP contribution in [0.15, 0.2) is 48.5 Å². The normalized spacial score (nSPS) is 11.5. The maximum absolute atomic E-state index is 12.6. The van der Waals surface area contributed by atoms with Gasteiger partial charge in [-0.25, -0.2) is 0 Å². The van der Waals surface area contributed by atoms with E-state index in [1.165, 1.54) is 6.92 Å². The van der Waals surface area contributed by atoms with Gasteiger partial charge in [-0.05, 0) is 70.5 Å². The van der Waals surface area contributed by atoms with Crippen LogP contribution in [0.5, 0.6) is 0 Å². The van der Waals surface area contributed by atoms with Crippen LogP contribution in [0.1, 0.15) is 67.8 Å². The molecule has 0 saturated carbocycles. The van der Waals surface area contributed by atoms with Gasteiger partial charge in [0.2, 0.25) is 5.91 Å². The second-order valence-corrected chi connectivity index (χ2v) is 8.62. The molecule has 0 fully saturated rings. The van der Waals surface area contributed by atoms with E-state index in [4.69, 9.17) is 0 Å². The van der Waals surface area contributed by atoms with Crippen LogP contribution in [0.25, 0.3) is 0 Å². The zero-order valence-corrected chi connectivity index (χ0v) is 17.8. The van der Waals surface area contributed by atoms with Crippen molar-refractivity contribution in [1.29, 1.82) is 0 Å². The Hall–Kier alpha value is -3.15. The summed E-state index contributed by atoms with van der Waals surface area (Å²) >= 11 is 0. The van der Waals surface area contributed by atoms with Crippen LogP contribution in [-0.4, -0.2) is 23.3 Å². The number of hydrogen-bond acceptors (Lipinski definition) is 3. The van der Waals surface area contributed by atoms with Crippen LogP contribution < -0.4 is 16.0 Å². The second-order valence-electron chi connectivity index (χ2n) is 8.62. The Kier molecular flexibility index (Phi) is 6.47. The highest BCUT2D eigenvalue weighted by Crippen LogP contribution is 2.22. The molecule has 0 saturated heterocycles. The highest BCUT2D eigenvalue weighted by atomic mass is 16.2. The lowest BCUT2D eigenvalue weighted by Gasteiger charge is -2.26. The van der Waals surface area contributed by atoms with Crippen molar-refractivity contribution in [2.24, 2.45) is 0 Å². The maximum Gasteiger partial charge on any atom is 0.255 e. The zero-order chi connectivity index (χ0) is 21.8. The Morgan fingerprint density at radius 3 is 1.83 bits per heavy atom. The van der Waals surface area contributed by atoms with Gasteiger partial charge >= 0.3 is 0 Å². The fourth-order valence-electron chi connectivity index (χ4n) is 2.90. The van der Waals surface area contributed by atoms with E-state index in [-0.39, 0.29) is 23.3 Å². The standard InChI is InChI=1S/C23H29N3O3/c1-15(27)25-23(5,6)18-10-12-19(13-11-18)24-20(28)16-8-7-9-17(14-16)21(29)26-22(2,3)4/h7-14H,1-6H3,(H,24,28)(H,25,27)(H,26,29). The van der Waals surface area contributed by atoms with Crippen LogP contribution in [0.3, 0.4) is 0 Å². The van der Waals surface area contributed by atoms with Crippen molar-refractivity contribution in [3.63, 3.8) is 0 Å². The molecule has 2 aromatic carbocycles. The quantitative estimate of drug-likeness (QED) is 0.719. The van der Waals surface area contributed by atoms with Crippen LogP contribution in [0.2, 0.25) is 0 Å². The first-order valence-electron chi connectivity index (χ1n) is 9.51. The summed E-state index contributed by atoms with van der Waals surface area (Å²) in [5.74, 6) is -0.635. The topological polar surface area (TPSA) is 87.3 Å². The third-order valence-corrected chi connectivity index (χ3v) is 4.23. The summed E-state index contributed by atoms with van der Waals surface area (Å²) in [7, 11) is 0. The summed E-state index contributed by atoms with van der Waals surface area (Å²) in [6.45, 7) is 11.0. The number of anilines is 1. The minimum atomic E-state index is -0.511. The Bertz CT molecular complexity index is 910. The molecule has 0 spiro atoms. The maximum atomic E-state index is 12.6. The summed E-state index contributed by atoms with van der Waals surface area (Å²) < 4.78 is 0. The molecule has 0 aliphatic carbocycles. The van der Waals surface area contributed by atoms with Crippen LogP contribution in [-0.2, 0) is 10.3 Å². The minimum absolute atomic E-state index is 0.109. The number of carbonyl (C=O) groups is 3. The smallest absolute Gasteiger partial charge is 0.255 e. The number of carbonyl (C=O) groups excluding carboxylic acids is 3. The van der Waals surface area contributed by atoms with Crippen molar-refractivity contribution in [1.82, 2.24) is 10.6 Å². The molecular formula is C23H29N3O3. The number of amides is 3. The summed E-state index contributed by atoms with van der Waals surface area (Å²) in [5, 5.41) is 8.61. The molecule has 3 N–H and O–H groups in total. The van der Waals surface area contributed by atoms with Gasteiger partial charge in [0.15, 0.2) is 0 Å². The van der Waals surface area contributed by atoms with Crippen molar-refractivity contribution >= 4 is 23.4 Å². The summed E-state index contributed by atoms with van der Waals surface area (Å²) in [4.78, 5) is 36.3. The van der Waals surface area contributed by atoms with Crippen molar-refractivity contribution in [3.8, 4) is 0 Å². The summed E-state index contributed by atoms with van der Waals surface area (Å²) in [6.07, 6.45) is 0. The monoisotopic (exact) mass is 395 g/mol. The van der Waals surface area contributed by atoms with Gasteiger partial charge in [-0.3, -0.25) is 14.4 Å². The lowest BCUT2D eigenvalue weighted by Crippen LogP contribution is -2.40. The third kappa shape index (κ3) is 6.45. The molecule has 0 aliphatic heterocycles. The molecule has 0 bridgehead atoms. The lowest BCUT2D eigenvalue weighted by atomic mass is 9.94. The first kappa shape index (κ1) is 22.1. The molecule has 0 aliphatic rings. The average Bonchev–Trinajstić information content (AvgIpc) is 2.60. The fourth-order valence-corrected chi connectivity index (χ4v) is 2.90. The number of hydrogen-bond donors (Lipinski definition) is 3. The number of rotatable bonds is 5. The van der Waals surface area contributed by atoms with Gasteiger partial charge in [-0.15, -0.1) is 0 Å². The lowest BCUT2D eigenvalue weighted by molar-refractivity contribution is -0.120. The van der Waals surface area contributed by atoms with E-state index in [2.05, 4.69) is 16.0 Å². The van der Waals surface area contributed by atoms with Gasteiger partial charge in [0.1, 0.15) is 0 Å². The summed E-state index contributed by atoms with van der Waals surface area (Å²) in [6, 6.07) is 13.9. The predicted octanol–water partition coefficient (Wildman–Crippen LogP) is 3.84. The highest BCUT2D eigenvalue weighted by molar-refractivity contribution is 6.06. The molecule has 2 rings (SSSR count). The van der Waals surface area contributed by atoms with Crippen molar-refractivity contribution in [2.45, 2.75) is 52.6 Å². The van der Waals surface area contributed by atoms with E-state index in [1.807, 2.05) is 46.8 Å². The van der Waals surface area contributed by atoms with Crippen molar-refractivity contribution < 1.29 is 14.4 Å². The molecule has 6 heteroatoms. The van der Waals surface area contributed by atoms with Crippen LogP contribution in [0, 0.1) is 0 Å². The van der Waals surface area contributed by atoms with E-state index in [0.29, 0.717) is 16.8 Å². The van der Waals surface area contributed by atoms with Crippen molar-refractivity contribution in [3.05, 3.63) is 65.2 Å². The molecule has 6 nitrogen and oxygen atoms in total. The highest BCUT2D eigenvalue weighted by Gasteiger charge is 2.21. The zero-order valence-electron chi connectivity index (χ0n) is 17.8. The molecule has 0 aromatic heterocycles. The molecule has 154 valence electrons. The van der Waals surface area contributed by atoms with E-state index >= 15 is 0 Å². The molecule has 0 heterocycles. The van der Waals surface area contributed by atoms with Crippen LogP contribution >= 0.6 is 0 Å². The van der Waals surface area contributed by atoms with Crippen LogP contribution in [0.4, 0.5) is 5.69 Å². The Morgan fingerprint density at radius 2 is 1.31 bits per heavy atom. The van der Waals surface area contributed by atoms with E-state index < -0.39 is 5.54 Å². The number of nitrogens with one attached hydrogen (secondary N) is 3. The van der Waals surface area contributed by atoms with Crippen molar-refractivity contribution in [2.75, 3.05) is 5.32 Å². The first-order valence-corrected chi connectivity index (χ1v) is 9.51. The van der Waals surface area contributed by atoms with Gasteiger partial charge in [0.05, 0.1) is 5.54 Å². The SMILES string of the molecule is CC(=O)NC(C)(C)c1ccc(NC(=O)c2cccc(C(=O)NC(C)(C)C)c2)cc1. The van der Waals surface area contributed by atoms with Gasteiger partial charge in [0.25, 0.3) is 11.8 Å². The largest absolute Gasteiger partial charge is 0.347 e. The van der Waals surface area contributed by atoms with Gasteiger partial charge < -0.3 is 16.0 Å². The molecular weight excluding hydrogens is 366 g/mol. The molecule has 0 atom stereocenters.